The average molecular weight is 296 g/mol. The lowest BCUT2D eigenvalue weighted by Gasteiger charge is -2.09. The van der Waals surface area contributed by atoms with Gasteiger partial charge in [0, 0.05) is 24.8 Å². The van der Waals surface area contributed by atoms with Crippen LogP contribution in [0.5, 0.6) is 0 Å². The lowest BCUT2D eigenvalue weighted by molar-refractivity contribution is -0.122. The lowest BCUT2D eigenvalue weighted by Crippen LogP contribution is -2.34. The van der Waals surface area contributed by atoms with Gasteiger partial charge in [-0.25, -0.2) is 21.7 Å². The molecule has 11 nitrogen and oxygen atoms in total. The van der Waals surface area contributed by atoms with Crippen molar-refractivity contribution in [3.8, 4) is 11.6 Å². The summed E-state index contributed by atoms with van der Waals surface area (Å²) in [7, 11) is 0. The summed E-state index contributed by atoms with van der Waals surface area (Å²) in [6, 6.07) is 0. The van der Waals surface area contributed by atoms with Crippen LogP contribution in [-0.4, -0.2) is 36.4 Å². The number of amides is 2. The van der Waals surface area contributed by atoms with Crippen LogP contribution in [0.25, 0.3) is 11.6 Å². The Bertz CT molecular complexity index is 565. The van der Waals surface area contributed by atoms with Gasteiger partial charge in [-0.05, 0) is 0 Å². The van der Waals surface area contributed by atoms with E-state index in [4.69, 9.17) is 11.7 Å². The van der Waals surface area contributed by atoms with Crippen LogP contribution in [0, 0.1) is 0 Å². The Morgan fingerprint density at radius 3 is 1.67 bits per heavy atom. The Balaban J connectivity index is 0.00000220. The number of nitrogens with zero attached hydrogens (tertiary/aromatic N) is 4. The van der Waals surface area contributed by atoms with E-state index in [0.717, 1.165) is 0 Å². The molecule has 2 rings (SSSR count). The molecule has 0 saturated heterocycles. The third-order valence-corrected chi connectivity index (χ3v) is 2.58. The molecule has 2 amide bonds. The highest BCUT2D eigenvalue weighted by molar-refractivity contribution is 5.76. The van der Waals surface area contributed by atoms with E-state index in [2.05, 4.69) is 9.97 Å². The normalized spacial score (nSPS) is 9.81. The number of hydrazine groups is 2. The number of aromatic nitrogens is 4. The van der Waals surface area contributed by atoms with Crippen molar-refractivity contribution < 1.29 is 15.1 Å². The number of nitrogens with two attached hydrogens (primary N) is 2. The Labute approximate surface area is 119 Å². The van der Waals surface area contributed by atoms with E-state index in [9.17, 15) is 9.59 Å². The summed E-state index contributed by atoms with van der Waals surface area (Å²) < 4.78 is 3.14. The molecular formula is C10H16N8O3. The highest BCUT2D eigenvalue weighted by Crippen LogP contribution is 2.15. The van der Waals surface area contributed by atoms with Crippen LogP contribution >= 0.6 is 0 Å². The zero-order valence-electron chi connectivity index (χ0n) is 11.0. The summed E-state index contributed by atoms with van der Waals surface area (Å²) in [4.78, 5) is 30.9. The number of rotatable bonds is 5. The predicted octanol–water partition coefficient (Wildman–Crippen LogP) is -3.10. The summed E-state index contributed by atoms with van der Waals surface area (Å²) in [5.74, 6) is 10.2. The zero-order chi connectivity index (χ0) is 14.5. The fourth-order valence-electron chi connectivity index (χ4n) is 1.69. The van der Waals surface area contributed by atoms with Gasteiger partial charge in [0.25, 0.3) is 11.8 Å². The summed E-state index contributed by atoms with van der Waals surface area (Å²) in [6.45, 7) is 0.00353. The van der Waals surface area contributed by atoms with Gasteiger partial charge < -0.3 is 14.6 Å². The smallest absolute Gasteiger partial charge is 0.253 e. The minimum absolute atomic E-state index is 0. The fourth-order valence-corrected chi connectivity index (χ4v) is 1.69. The molecule has 0 unspecified atom stereocenters. The Morgan fingerprint density at radius 1 is 0.952 bits per heavy atom. The summed E-state index contributed by atoms with van der Waals surface area (Å²) in [5, 5.41) is 0. The molecule has 0 spiro atoms. The molecule has 11 heteroatoms. The molecule has 0 radical (unpaired) electrons. The van der Waals surface area contributed by atoms with Gasteiger partial charge in [0.05, 0.1) is 0 Å². The van der Waals surface area contributed by atoms with Gasteiger partial charge in [0.1, 0.15) is 13.1 Å². The van der Waals surface area contributed by atoms with E-state index < -0.39 is 0 Å². The van der Waals surface area contributed by atoms with Gasteiger partial charge in [-0.2, -0.15) is 0 Å². The van der Waals surface area contributed by atoms with Crippen molar-refractivity contribution in [3.05, 3.63) is 24.8 Å². The first-order valence-corrected chi connectivity index (χ1v) is 5.67. The van der Waals surface area contributed by atoms with Crippen LogP contribution in [0.2, 0.25) is 0 Å². The number of imidazole rings is 2. The van der Waals surface area contributed by atoms with Gasteiger partial charge >= 0.3 is 0 Å². The second kappa shape index (κ2) is 7.14. The second-order valence-corrected chi connectivity index (χ2v) is 3.89. The first kappa shape index (κ1) is 16.3. The number of hydrogen-bond acceptors (Lipinski definition) is 6. The molecule has 21 heavy (non-hydrogen) atoms. The van der Waals surface area contributed by atoms with Gasteiger partial charge in [0.2, 0.25) is 0 Å². The minimum atomic E-state index is -0.373. The maximum atomic E-state index is 11.3. The first-order valence-electron chi connectivity index (χ1n) is 5.67. The lowest BCUT2D eigenvalue weighted by atomic mass is 10.4. The molecule has 0 aliphatic carbocycles. The van der Waals surface area contributed by atoms with E-state index in [1.165, 1.54) is 12.4 Å². The van der Waals surface area contributed by atoms with Gasteiger partial charge in [-0.3, -0.25) is 20.4 Å². The molecule has 0 bridgehead atoms. The van der Waals surface area contributed by atoms with Crippen LogP contribution in [0.1, 0.15) is 0 Å². The first-order chi connectivity index (χ1) is 9.65. The molecule has 0 atom stereocenters. The number of hydrogen-bond donors (Lipinski definition) is 4. The average Bonchev–Trinajstić information content (AvgIpc) is 3.07. The van der Waals surface area contributed by atoms with E-state index in [0.29, 0.717) is 11.6 Å². The van der Waals surface area contributed by atoms with E-state index in [1.54, 1.807) is 21.5 Å². The maximum Gasteiger partial charge on any atom is 0.253 e. The molecule has 8 N–H and O–H groups in total. The van der Waals surface area contributed by atoms with Crippen LogP contribution in [0.15, 0.2) is 24.8 Å². The topological polar surface area (TPSA) is 177 Å². The Morgan fingerprint density at radius 2 is 1.33 bits per heavy atom. The van der Waals surface area contributed by atoms with Crippen molar-refractivity contribution in [3.63, 3.8) is 0 Å². The van der Waals surface area contributed by atoms with Crippen molar-refractivity contribution in [2.45, 2.75) is 13.1 Å². The highest BCUT2D eigenvalue weighted by atomic mass is 16.2. The number of carbonyl (C=O) groups excluding carboxylic acids is 2. The third kappa shape index (κ3) is 3.62. The molecule has 2 aromatic rings. The monoisotopic (exact) mass is 296 g/mol. The Hall–Kier alpha value is -2.76. The Kier molecular flexibility index (Phi) is 5.54. The van der Waals surface area contributed by atoms with E-state index in [1.807, 2.05) is 10.9 Å². The zero-order valence-corrected chi connectivity index (χ0v) is 11.0. The standard InChI is InChI=1S/C10H14N8O2.H2O/c11-15-7(19)5-17-3-1-13-9(17)10-14-2-4-18(10)6-8(20)16-12;/h1-4H,5-6,11-12H2,(H,15,19)(H,16,20);1H2. The largest absolute Gasteiger partial charge is 0.412 e. The second-order valence-electron chi connectivity index (χ2n) is 3.89. The van der Waals surface area contributed by atoms with Crippen molar-refractivity contribution in [1.29, 1.82) is 0 Å². The molecular weight excluding hydrogens is 280 g/mol. The molecule has 0 aromatic carbocycles. The van der Waals surface area contributed by atoms with E-state index in [-0.39, 0.29) is 30.4 Å². The minimum Gasteiger partial charge on any atom is -0.412 e. The van der Waals surface area contributed by atoms with Crippen LogP contribution in [-0.2, 0) is 22.7 Å². The maximum absolute atomic E-state index is 11.3. The molecule has 0 saturated carbocycles. The quantitative estimate of drug-likeness (QED) is 0.258. The number of carbonyl (C=O) groups is 2. The van der Waals surface area contributed by atoms with Gasteiger partial charge in [-0.15, -0.1) is 0 Å². The van der Waals surface area contributed by atoms with Crippen LogP contribution in [0.3, 0.4) is 0 Å². The van der Waals surface area contributed by atoms with Crippen molar-refractivity contribution in [1.82, 2.24) is 30.0 Å². The SMILES string of the molecule is NNC(=O)Cn1ccnc1-c1nccn1CC(=O)NN.O. The van der Waals surface area contributed by atoms with Crippen molar-refractivity contribution in [2.75, 3.05) is 0 Å². The van der Waals surface area contributed by atoms with Crippen LogP contribution in [0.4, 0.5) is 0 Å². The van der Waals surface area contributed by atoms with E-state index >= 15 is 0 Å². The van der Waals surface area contributed by atoms with Crippen molar-refractivity contribution >= 4 is 11.8 Å². The molecule has 2 aromatic heterocycles. The predicted molar refractivity (Wildman–Crippen MR) is 71.7 cm³/mol. The van der Waals surface area contributed by atoms with Crippen LogP contribution < -0.4 is 22.5 Å². The summed E-state index contributed by atoms with van der Waals surface area (Å²) >= 11 is 0. The van der Waals surface area contributed by atoms with Gasteiger partial charge in [-0.1, -0.05) is 0 Å². The third-order valence-electron chi connectivity index (χ3n) is 2.58. The molecule has 0 aliphatic heterocycles. The summed E-state index contributed by atoms with van der Waals surface area (Å²) in [6.07, 6.45) is 6.29. The van der Waals surface area contributed by atoms with Gasteiger partial charge in [0.15, 0.2) is 11.6 Å². The molecule has 0 aliphatic rings. The molecule has 2 heterocycles. The molecule has 0 fully saturated rings. The van der Waals surface area contributed by atoms with Crippen molar-refractivity contribution in [2.24, 2.45) is 11.7 Å². The fraction of sp³-hybridized carbons (Fsp3) is 0.200. The highest BCUT2D eigenvalue weighted by Gasteiger charge is 2.15. The number of nitrogens with one attached hydrogen (secondary N) is 2. The molecule has 114 valence electrons. The summed E-state index contributed by atoms with van der Waals surface area (Å²) in [5.41, 5.74) is 4.07.